The number of carbonyl (C=O) groups is 3. The minimum atomic E-state index is -0.772. The smallest absolute Gasteiger partial charge is 0.410 e. The maximum Gasteiger partial charge on any atom is 0.410 e. The van der Waals surface area contributed by atoms with E-state index < -0.39 is 35.7 Å². The van der Waals surface area contributed by atoms with Gasteiger partial charge in [-0.2, -0.15) is 0 Å². The van der Waals surface area contributed by atoms with E-state index in [-0.39, 0.29) is 31.6 Å². The second-order valence-corrected chi connectivity index (χ2v) is 9.22. The Kier molecular flexibility index (Phi) is 8.06. The standard InChI is InChI=1S/C23H34N2O6/c1-15(2)19(21(28)30-14-16-10-8-7-9-11-16)24(6)20(27)17-12-25(18(17)13-26)22(29)31-23(3,4)5/h7-11,15,17-19,26H,12-14H2,1-6H3/t17-,18+,19-/m0/s1. The number of hydrogen-bond donors (Lipinski definition) is 1. The Balaban J connectivity index is 2.03. The van der Waals surface area contributed by atoms with Crippen molar-refractivity contribution in [3.63, 3.8) is 0 Å². The van der Waals surface area contributed by atoms with Gasteiger partial charge < -0.3 is 24.4 Å². The van der Waals surface area contributed by atoms with Gasteiger partial charge in [0.25, 0.3) is 0 Å². The lowest BCUT2D eigenvalue weighted by Gasteiger charge is -2.47. The summed E-state index contributed by atoms with van der Waals surface area (Å²) in [6.45, 7) is 8.84. The first-order chi connectivity index (χ1) is 14.5. The van der Waals surface area contributed by atoms with Gasteiger partial charge in [-0.3, -0.25) is 4.79 Å². The van der Waals surface area contributed by atoms with E-state index in [2.05, 4.69) is 0 Å². The van der Waals surface area contributed by atoms with Gasteiger partial charge in [0, 0.05) is 13.6 Å². The van der Waals surface area contributed by atoms with Crippen LogP contribution >= 0.6 is 0 Å². The quantitative estimate of drug-likeness (QED) is 0.662. The summed E-state index contributed by atoms with van der Waals surface area (Å²) in [6, 6.07) is 7.87. The van der Waals surface area contributed by atoms with Crippen LogP contribution in [0.15, 0.2) is 30.3 Å². The Hall–Kier alpha value is -2.61. The lowest BCUT2D eigenvalue weighted by atomic mass is 9.87. The summed E-state index contributed by atoms with van der Waals surface area (Å²) in [5.74, 6) is -1.58. The maximum atomic E-state index is 13.1. The predicted molar refractivity (Wildman–Crippen MR) is 115 cm³/mol. The number of aliphatic hydroxyl groups is 1. The molecule has 0 unspecified atom stereocenters. The number of ether oxygens (including phenoxy) is 2. The minimum Gasteiger partial charge on any atom is -0.459 e. The van der Waals surface area contributed by atoms with Crippen LogP contribution in [-0.4, -0.2) is 70.8 Å². The molecule has 0 aliphatic carbocycles. The SMILES string of the molecule is CC(C)[C@@H](C(=O)OCc1ccccc1)N(C)C(=O)[C@H]1CN(C(=O)OC(C)(C)C)[C@@H]1CO. The molecule has 1 aromatic carbocycles. The molecule has 8 nitrogen and oxygen atoms in total. The van der Waals surface area contributed by atoms with Crippen molar-refractivity contribution in [2.45, 2.75) is 58.9 Å². The molecule has 2 amide bonds. The number of esters is 1. The molecular formula is C23H34N2O6. The van der Waals surface area contributed by atoms with E-state index in [9.17, 15) is 19.5 Å². The van der Waals surface area contributed by atoms with Crippen molar-refractivity contribution in [3.05, 3.63) is 35.9 Å². The maximum absolute atomic E-state index is 13.1. The van der Waals surface area contributed by atoms with Crippen molar-refractivity contribution in [1.82, 2.24) is 9.80 Å². The van der Waals surface area contributed by atoms with Crippen molar-refractivity contribution in [2.24, 2.45) is 11.8 Å². The molecule has 2 rings (SSSR count). The Morgan fingerprint density at radius 1 is 1.19 bits per heavy atom. The molecule has 1 heterocycles. The second-order valence-electron chi connectivity index (χ2n) is 9.22. The third kappa shape index (κ3) is 6.19. The molecule has 1 N–H and O–H groups in total. The monoisotopic (exact) mass is 434 g/mol. The normalized spacial score (nSPS) is 19.4. The molecule has 1 fully saturated rings. The number of rotatable bonds is 7. The molecule has 0 saturated carbocycles. The average Bonchev–Trinajstić information content (AvgIpc) is 2.65. The van der Waals surface area contributed by atoms with Gasteiger partial charge in [-0.25, -0.2) is 9.59 Å². The zero-order valence-corrected chi connectivity index (χ0v) is 19.2. The fraction of sp³-hybridized carbons (Fsp3) is 0.609. The molecule has 1 saturated heterocycles. The molecule has 1 aliphatic heterocycles. The number of aliphatic hydroxyl groups excluding tert-OH is 1. The van der Waals surface area contributed by atoms with Gasteiger partial charge in [-0.05, 0) is 32.3 Å². The van der Waals surface area contributed by atoms with Crippen LogP contribution in [0.4, 0.5) is 4.79 Å². The van der Waals surface area contributed by atoms with Crippen LogP contribution in [0.1, 0.15) is 40.2 Å². The second kappa shape index (κ2) is 10.1. The third-order valence-electron chi connectivity index (χ3n) is 5.25. The highest BCUT2D eigenvalue weighted by Crippen LogP contribution is 2.29. The highest BCUT2D eigenvalue weighted by molar-refractivity contribution is 5.88. The van der Waals surface area contributed by atoms with E-state index in [0.717, 1.165) is 5.56 Å². The highest BCUT2D eigenvalue weighted by Gasteiger charge is 2.49. The molecule has 172 valence electrons. The topological polar surface area (TPSA) is 96.4 Å². The number of likely N-dealkylation sites (N-methyl/N-ethyl adjacent to an activating group) is 1. The van der Waals surface area contributed by atoms with Crippen LogP contribution in [0.25, 0.3) is 0 Å². The first-order valence-electron chi connectivity index (χ1n) is 10.5. The zero-order chi connectivity index (χ0) is 23.3. The number of benzene rings is 1. The largest absolute Gasteiger partial charge is 0.459 e. The van der Waals surface area contributed by atoms with Gasteiger partial charge in [-0.15, -0.1) is 0 Å². The van der Waals surface area contributed by atoms with E-state index in [4.69, 9.17) is 9.47 Å². The Labute approximate surface area is 184 Å². The van der Waals surface area contributed by atoms with E-state index in [1.807, 2.05) is 44.2 Å². The number of nitrogens with zero attached hydrogens (tertiary/aromatic N) is 2. The fourth-order valence-corrected chi connectivity index (χ4v) is 3.64. The van der Waals surface area contributed by atoms with Crippen LogP contribution in [0.3, 0.4) is 0 Å². The molecule has 1 aliphatic rings. The van der Waals surface area contributed by atoms with Crippen molar-refractivity contribution in [3.8, 4) is 0 Å². The molecule has 31 heavy (non-hydrogen) atoms. The predicted octanol–water partition coefficient (Wildman–Crippen LogP) is 2.44. The number of carbonyl (C=O) groups excluding carboxylic acids is 3. The number of amides is 2. The van der Waals surface area contributed by atoms with E-state index in [1.54, 1.807) is 27.8 Å². The summed E-state index contributed by atoms with van der Waals surface area (Å²) < 4.78 is 10.8. The van der Waals surface area contributed by atoms with Crippen LogP contribution in [0.2, 0.25) is 0 Å². The molecule has 8 heteroatoms. The first-order valence-corrected chi connectivity index (χ1v) is 10.5. The summed E-state index contributed by atoms with van der Waals surface area (Å²) in [4.78, 5) is 40.9. The lowest BCUT2D eigenvalue weighted by Crippen LogP contribution is -2.66. The molecule has 3 atom stereocenters. The summed E-state index contributed by atoms with van der Waals surface area (Å²) in [5, 5.41) is 9.76. The summed E-state index contributed by atoms with van der Waals surface area (Å²) in [5.41, 5.74) is 0.188. The highest BCUT2D eigenvalue weighted by atomic mass is 16.6. The summed E-state index contributed by atoms with van der Waals surface area (Å²) >= 11 is 0. The van der Waals surface area contributed by atoms with Gasteiger partial charge in [0.1, 0.15) is 18.2 Å². The Morgan fingerprint density at radius 3 is 2.32 bits per heavy atom. The van der Waals surface area contributed by atoms with E-state index in [1.165, 1.54) is 9.80 Å². The Bertz CT molecular complexity index is 774. The van der Waals surface area contributed by atoms with Crippen LogP contribution < -0.4 is 0 Å². The van der Waals surface area contributed by atoms with Crippen LogP contribution in [0, 0.1) is 11.8 Å². The van der Waals surface area contributed by atoms with Gasteiger partial charge >= 0.3 is 12.1 Å². The average molecular weight is 435 g/mol. The van der Waals surface area contributed by atoms with Crippen molar-refractivity contribution < 1.29 is 29.0 Å². The van der Waals surface area contributed by atoms with Gasteiger partial charge in [0.05, 0.1) is 18.6 Å². The van der Waals surface area contributed by atoms with Gasteiger partial charge in [0.15, 0.2) is 0 Å². The molecular weight excluding hydrogens is 400 g/mol. The van der Waals surface area contributed by atoms with E-state index in [0.29, 0.717) is 0 Å². The summed E-state index contributed by atoms with van der Waals surface area (Å²) in [6.07, 6.45) is -0.569. The third-order valence-corrected chi connectivity index (χ3v) is 5.25. The summed E-state index contributed by atoms with van der Waals surface area (Å²) in [7, 11) is 1.56. The molecule has 0 bridgehead atoms. The zero-order valence-electron chi connectivity index (χ0n) is 19.2. The van der Waals surface area contributed by atoms with Crippen molar-refractivity contribution >= 4 is 18.0 Å². The molecule has 1 aromatic rings. The van der Waals surface area contributed by atoms with Crippen LogP contribution in [-0.2, 0) is 25.7 Å². The van der Waals surface area contributed by atoms with Crippen molar-refractivity contribution in [2.75, 3.05) is 20.2 Å². The Morgan fingerprint density at radius 2 is 1.81 bits per heavy atom. The fourth-order valence-electron chi connectivity index (χ4n) is 3.64. The van der Waals surface area contributed by atoms with Crippen molar-refractivity contribution in [1.29, 1.82) is 0 Å². The lowest BCUT2D eigenvalue weighted by molar-refractivity contribution is -0.162. The van der Waals surface area contributed by atoms with Gasteiger partial charge in [0.2, 0.25) is 5.91 Å². The van der Waals surface area contributed by atoms with Gasteiger partial charge in [-0.1, -0.05) is 44.2 Å². The van der Waals surface area contributed by atoms with E-state index >= 15 is 0 Å². The molecule has 0 radical (unpaired) electrons. The number of hydrogen-bond acceptors (Lipinski definition) is 6. The first kappa shape index (κ1) is 24.7. The molecule has 0 spiro atoms. The van der Waals surface area contributed by atoms with Crippen LogP contribution in [0.5, 0.6) is 0 Å². The number of likely N-dealkylation sites (tertiary alicyclic amines) is 1. The minimum absolute atomic E-state index is 0.125. The molecule has 0 aromatic heterocycles.